The lowest BCUT2D eigenvalue weighted by molar-refractivity contribution is 0.442. The number of hydrogen-bond donors (Lipinski definition) is 2. The fraction of sp³-hybridized carbons (Fsp3) is 0.455. The summed E-state index contributed by atoms with van der Waals surface area (Å²) in [5, 5.41) is 6.64. The minimum absolute atomic E-state index is 0.417. The average molecular weight is 178 g/mol. The molecule has 0 heterocycles. The van der Waals surface area contributed by atoms with E-state index in [-0.39, 0.29) is 0 Å². The molecule has 1 rings (SSSR count). The van der Waals surface area contributed by atoms with E-state index in [4.69, 9.17) is 0 Å². The predicted octanol–water partition coefficient (Wildman–Crippen LogP) is 1.73. The molecule has 1 atom stereocenters. The molecule has 2 N–H and O–H groups in total. The molecule has 1 aromatic rings. The van der Waals surface area contributed by atoms with Crippen LogP contribution in [-0.4, -0.2) is 13.2 Å². The van der Waals surface area contributed by atoms with Crippen LogP contribution in [0.1, 0.15) is 18.9 Å². The van der Waals surface area contributed by atoms with E-state index in [1.54, 1.807) is 0 Å². The second-order valence-electron chi connectivity index (χ2n) is 3.12. The van der Waals surface area contributed by atoms with Crippen LogP contribution in [0.2, 0.25) is 0 Å². The molecule has 0 saturated carbocycles. The summed E-state index contributed by atoms with van der Waals surface area (Å²) in [4.78, 5) is 0. The molecule has 0 bridgehead atoms. The van der Waals surface area contributed by atoms with Crippen molar-refractivity contribution in [2.45, 2.75) is 26.1 Å². The van der Waals surface area contributed by atoms with Gasteiger partial charge in [-0.2, -0.15) is 0 Å². The lowest BCUT2D eigenvalue weighted by atomic mass is 10.2. The molecule has 2 nitrogen and oxygen atoms in total. The van der Waals surface area contributed by atoms with Gasteiger partial charge in [0, 0.05) is 6.54 Å². The summed E-state index contributed by atoms with van der Waals surface area (Å²) < 4.78 is 0. The topological polar surface area (TPSA) is 24.1 Å². The molecule has 0 aromatic heterocycles. The van der Waals surface area contributed by atoms with Crippen LogP contribution in [0.3, 0.4) is 0 Å². The zero-order chi connectivity index (χ0) is 9.52. The molecule has 13 heavy (non-hydrogen) atoms. The normalized spacial score (nSPS) is 12.8. The lowest BCUT2D eigenvalue weighted by Crippen LogP contribution is -2.38. The Kier molecular flexibility index (Phi) is 4.50. The Morgan fingerprint density at radius 1 is 1.23 bits per heavy atom. The molecule has 0 saturated heterocycles. The van der Waals surface area contributed by atoms with Gasteiger partial charge in [-0.15, -0.1) is 0 Å². The Morgan fingerprint density at radius 3 is 2.46 bits per heavy atom. The zero-order valence-electron chi connectivity index (χ0n) is 8.38. The predicted molar refractivity (Wildman–Crippen MR) is 56.4 cm³/mol. The van der Waals surface area contributed by atoms with Crippen LogP contribution in [0.5, 0.6) is 0 Å². The third kappa shape index (κ3) is 3.57. The summed E-state index contributed by atoms with van der Waals surface area (Å²) in [6.45, 7) is 3.10. The first-order valence-corrected chi connectivity index (χ1v) is 4.81. The maximum Gasteiger partial charge on any atom is 0.0569 e. The molecular formula is C11H18N2. The first-order chi connectivity index (χ1) is 6.36. The van der Waals surface area contributed by atoms with Crippen LogP contribution < -0.4 is 10.6 Å². The molecule has 0 radical (unpaired) electrons. The van der Waals surface area contributed by atoms with E-state index in [2.05, 4.69) is 41.8 Å². The highest BCUT2D eigenvalue weighted by Gasteiger charge is 2.00. The number of nitrogens with one attached hydrogen (secondary N) is 2. The van der Waals surface area contributed by atoms with Gasteiger partial charge >= 0.3 is 0 Å². The van der Waals surface area contributed by atoms with Gasteiger partial charge in [0.25, 0.3) is 0 Å². The first kappa shape index (κ1) is 10.2. The quantitative estimate of drug-likeness (QED) is 0.671. The van der Waals surface area contributed by atoms with E-state index in [0.29, 0.717) is 6.17 Å². The van der Waals surface area contributed by atoms with Gasteiger partial charge in [0.05, 0.1) is 6.17 Å². The Hall–Kier alpha value is -0.860. The highest BCUT2D eigenvalue weighted by molar-refractivity contribution is 5.14. The summed E-state index contributed by atoms with van der Waals surface area (Å²) in [6, 6.07) is 10.4. The monoisotopic (exact) mass is 178 g/mol. The summed E-state index contributed by atoms with van der Waals surface area (Å²) in [6.07, 6.45) is 1.52. The van der Waals surface area contributed by atoms with E-state index < -0.39 is 0 Å². The molecule has 1 aromatic carbocycles. The van der Waals surface area contributed by atoms with Crippen LogP contribution in [0.25, 0.3) is 0 Å². The van der Waals surface area contributed by atoms with Gasteiger partial charge in [0.1, 0.15) is 0 Å². The summed E-state index contributed by atoms with van der Waals surface area (Å²) >= 11 is 0. The Balaban J connectivity index is 2.34. The Morgan fingerprint density at radius 2 is 1.92 bits per heavy atom. The van der Waals surface area contributed by atoms with E-state index in [1.807, 2.05) is 13.1 Å². The van der Waals surface area contributed by atoms with Crippen molar-refractivity contribution in [3.8, 4) is 0 Å². The van der Waals surface area contributed by atoms with Crippen molar-refractivity contribution < 1.29 is 0 Å². The second kappa shape index (κ2) is 5.73. The lowest BCUT2D eigenvalue weighted by Gasteiger charge is -2.15. The van der Waals surface area contributed by atoms with Gasteiger partial charge in [-0.1, -0.05) is 37.3 Å². The Bertz CT molecular complexity index is 217. The summed E-state index contributed by atoms with van der Waals surface area (Å²) in [5.41, 5.74) is 1.33. The smallest absolute Gasteiger partial charge is 0.0569 e. The fourth-order valence-electron chi connectivity index (χ4n) is 1.29. The third-order valence-corrected chi connectivity index (χ3v) is 2.15. The van der Waals surface area contributed by atoms with Crippen LogP contribution >= 0.6 is 0 Å². The van der Waals surface area contributed by atoms with Crippen LogP contribution in [0, 0.1) is 0 Å². The van der Waals surface area contributed by atoms with Crippen molar-refractivity contribution >= 4 is 0 Å². The van der Waals surface area contributed by atoms with Crippen LogP contribution in [-0.2, 0) is 6.54 Å². The molecule has 0 aliphatic rings. The highest BCUT2D eigenvalue weighted by atomic mass is 15.1. The van der Waals surface area contributed by atoms with E-state index in [9.17, 15) is 0 Å². The van der Waals surface area contributed by atoms with E-state index in [0.717, 1.165) is 13.0 Å². The summed E-state index contributed by atoms with van der Waals surface area (Å²) in [7, 11) is 1.98. The zero-order valence-corrected chi connectivity index (χ0v) is 8.38. The van der Waals surface area contributed by atoms with Crippen molar-refractivity contribution in [1.29, 1.82) is 0 Å². The maximum absolute atomic E-state index is 3.42. The van der Waals surface area contributed by atoms with Crippen molar-refractivity contribution in [1.82, 2.24) is 10.6 Å². The van der Waals surface area contributed by atoms with Gasteiger partial charge in [0.15, 0.2) is 0 Å². The van der Waals surface area contributed by atoms with Crippen LogP contribution in [0.4, 0.5) is 0 Å². The van der Waals surface area contributed by atoms with Crippen molar-refractivity contribution in [3.63, 3.8) is 0 Å². The highest BCUT2D eigenvalue weighted by Crippen LogP contribution is 1.98. The van der Waals surface area contributed by atoms with Gasteiger partial charge in [-0.25, -0.2) is 0 Å². The molecular weight excluding hydrogens is 160 g/mol. The Labute approximate surface area is 80.4 Å². The van der Waals surface area contributed by atoms with Gasteiger partial charge in [0.2, 0.25) is 0 Å². The molecule has 0 spiro atoms. The molecule has 0 aliphatic carbocycles. The van der Waals surface area contributed by atoms with E-state index >= 15 is 0 Å². The molecule has 0 aliphatic heterocycles. The first-order valence-electron chi connectivity index (χ1n) is 4.81. The third-order valence-electron chi connectivity index (χ3n) is 2.15. The maximum atomic E-state index is 3.42. The SMILES string of the molecule is CCC(NC)NCc1ccccc1. The second-order valence-corrected chi connectivity index (χ2v) is 3.12. The molecule has 1 unspecified atom stereocenters. The number of rotatable bonds is 5. The van der Waals surface area contributed by atoms with Crippen molar-refractivity contribution in [2.75, 3.05) is 7.05 Å². The van der Waals surface area contributed by atoms with Gasteiger partial charge in [-0.05, 0) is 19.0 Å². The number of benzene rings is 1. The van der Waals surface area contributed by atoms with Crippen molar-refractivity contribution in [2.24, 2.45) is 0 Å². The largest absolute Gasteiger partial charge is 0.305 e. The minimum Gasteiger partial charge on any atom is -0.305 e. The number of hydrogen-bond acceptors (Lipinski definition) is 2. The fourth-order valence-corrected chi connectivity index (χ4v) is 1.29. The molecule has 0 amide bonds. The standard InChI is InChI=1S/C11H18N2/c1-3-11(12-2)13-9-10-7-5-4-6-8-10/h4-8,11-13H,3,9H2,1-2H3. The average Bonchev–Trinajstić information content (AvgIpc) is 2.21. The molecule has 2 heteroatoms. The molecule has 0 fully saturated rings. The van der Waals surface area contributed by atoms with Crippen LogP contribution in [0.15, 0.2) is 30.3 Å². The van der Waals surface area contributed by atoms with Gasteiger partial charge < -0.3 is 5.32 Å². The minimum atomic E-state index is 0.417. The van der Waals surface area contributed by atoms with Gasteiger partial charge in [-0.3, -0.25) is 5.32 Å². The summed E-state index contributed by atoms with van der Waals surface area (Å²) in [5.74, 6) is 0. The van der Waals surface area contributed by atoms with E-state index in [1.165, 1.54) is 5.56 Å². The molecule has 72 valence electrons. The van der Waals surface area contributed by atoms with Crippen molar-refractivity contribution in [3.05, 3.63) is 35.9 Å².